The number of ether oxygens (including phenoxy) is 1. The Bertz CT molecular complexity index is 385. The lowest BCUT2D eigenvalue weighted by atomic mass is 10.2. The molecule has 0 atom stereocenters. The molecule has 4 nitrogen and oxygen atoms in total. The maximum Gasteiger partial charge on any atom is 0.187 e. The van der Waals surface area contributed by atoms with Crippen molar-refractivity contribution in [2.24, 2.45) is 0 Å². The molecule has 0 saturated carbocycles. The molecule has 90 valence electrons. The minimum Gasteiger partial charge on any atom is -0.487 e. The lowest BCUT2D eigenvalue weighted by Gasteiger charge is -2.14. The highest BCUT2D eigenvalue weighted by Crippen LogP contribution is 2.35. The fourth-order valence-corrected chi connectivity index (χ4v) is 1.27. The summed E-state index contributed by atoms with van der Waals surface area (Å²) in [5.74, 6) is -0.751. The fourth-order valence-electron chi connectivity index (χ4n) is 1.13. The zero-order chi connectivity index (χ0) is 12.3. The van der Waals surface area contributed by atoms with Crippen molar-refractivity contribution in [1.82, 2.24) is 4.90 Å². The predicted molar refractivity (Wildman–Crippen MR) is 64.3 cm³/mol. The van der Waals surface area contributed by atoms with Gasteiger partial charge >= 0.3 is 0 Å². The van der Waals surface area contributed by atoms with Crippen molar-refractivity contribution < 1.29 is 9.13 Å². The third-order valence-electron chi connectivity index (χ3n) is 2.00. The molecule has 0 heterocycles. The first-order valence-electron chi connectivity index (χ1n) is 4.74. The summed E-state index contributed by atoms with van der Waals surface area (Å²) in [6.07, 6.45) is 0. The average Bonchev–Trinajstić information content (AvgIpc) is 2.19. The van der Waals surface area contributed by atoms with E-state index in [1.165, 1.54) is 6.07 Å². The smallest absolute Gasteiger partial charge is 0.187 e. The molecule has 0 bridgehead atoms. The monoisotopic (exact) mass is 247 g/mol. The summed E-state index contributed by atoms with van der Waals surface area (Å²) in [4.78, 5) is 1.91. The number of nitrogens with zero attached hydrogens (tertiary/aromatic N) is 1. The molecular weight excluding hydrogens is 233 g/mol. The molecule has 0 aliphatic carbocycles. The van der Waals surface area contributed by atoms with Gasteiger partial charge in [0.25, 0.3) is 0 Å². The van der Waals surface area contributed by atoms with Gasteiger partial charge in [0.2, 0.25) is 0 Å². The van der Waals surface area contributed by atoms with Crippen LogP contribution in [-0.4, -0.2) is 32.1 Å². The Labute approximate surface area is 98.9 Å². The highest BCUT2D eigenvalue weighted by molar-refractivity contribution is 6.33. The van der Waals surface area contributed by atoms with Gasteiger partial charge in [0.1, 0.15) is 11.6 Å². The van der Waals surface area contributed by atoms with Crippen LogP contribution >= 0.6 is 11.6 Å². The number of anilines is 2. The van der Waals surface area contributed by atoms with E-state index < -0.39 is 5.82 Å². The summed E-state index contributed by atoms with van der Waals surface area (Å²) in [7, 11) is 3.78. The van der Waals surface area contributed by atoms with E-state index in [0.29, 0.717) is 13.2 Å². The molecular formula is C10H15ClFN3O. The first kappa shape index (κ1) is 12.9. The number of benzene rings is 1. The number of nitrogen functional groups attached to an aromatic ring is 2. The molecule has 4 N–H and O–H groups in total. The first-order chi connectivity index (χ1) is 7.43. The van der Waals surface area contributed by atoms with Gasteiger partial charge in [-0.15, -0.1) is 0 Å². The molecule has 1 aromatic carbocycles. The van der Waals surface area contributed by atoms with Crippen LogP contribution in [0.1, 0.15) is 0 Å². The second-order valence-corrected chi connectivity index (χ2v) is 4.04. The maximum absolute atomic E-state index is 13.6. The third-order valence-corrected chi connectivity index (χ3v) is 2.39. The van der Waals surface area contributed by atoms with Crippen molar-refractivity contribution >= 4 is 23.0 Å². The van der Waals surface area contributed by atoms with Crippen LogP contribution < -0.4 is 16.2 Å². The molecule has 0 spiro atoms. The van der Waals surface area contributed by atoms with Crippen molar-refractivity contribution in [3.8, 4) is 5.75 Å². The molecule has 0 aromatic heterocycles. The molecule has 0 aliphatic heterocycles. The lowest BCUT2D eigenvalue weighted by Crippen LogP contribution is -2.20. The molecule has 6 heteroatoms. The van der Waals surface area contributed by atoms with E-state index in [0.717, 1.165) is 0 Å². The van der Waals surface area contributed by atoms with Crippen LogP contribution in [0.3, 0.4) is 0 Å². The Hall–Kier alpha value is -1.20. The highest BCUT2D eigenvalue weighted by Gasteiger charge is 2.15. The van der Waals surface area contributed by atoms with E-state index in [1.54, 1.807) is 0 Å². The fraction of sp³-hybridized carbons (Fsp3) is 0.400. The maximum atomic E-state index is 13.6. The second-order valence-electron chi connectivity index (χ2n) is 3.66. The van der Waals surface area contributed by atoms with E-state index in [9.17, 15) is 4.39 Å². The number of nitrogens with two attached hydrogens (primary N) is 2. The SMILES string of the molecule is CN(C)CCOc1c(N)cc(N)c(Cl)c1F. The van der Waals surface area contributed by atoms with Crippen molar-refractivity contribution in [1.29, 1.82) is 0 Å². The first-order valence-corrected chi connectivity index (χ1v) is 5.11. The number of hydrogen-bond donors (Lipinski definition) is 2. The quantitative estimate of drug-likeness (QED) is 0.793. The topological polar surface area (TPSA) is 64.5 Å². The van der Waals surface area contributed by atoms with Crippen LogP contribution in [0.4, 0.5) is 15.8 Å². The van der Waals surface area contributed by atoms with Crippen molar-refractivity contribution in [2.75, 3.05) is 38.7 Å². The summed E-state index contributed by atoms with van der Waals surface area (Å²) in [6, 6.07) is 1.39. The summed E-state index contributed by atoms with van der Waals surface area (Å²) in [6.45, 7) is 0.981. The number of halogens is 2. The van der Waals surface area contributed by atoms with Crippen molar-refractivity contribution in [3.05, 3.63) is 16.9 Å². The lowest BCUT2D eigenvalue weighted by molar-refractivity contribution is 0.253. The largest absolute Gasteiger partial charge is 0.487 e. The van der Waals surface area contributed by atoms with Crippen molar-refractivity contribution in [2.45, 2.75) is 0 Å². The normalized spacial score (nSPS) is 10.8. The van der Waals surface area contributed by atoms with Gasteiger partial charge in [0.05, 0.1) is 11.4 Å². The van der Waals surface area contributed by atoms with E-state index in [1.807, 2.05) is 19.0 Å². The van der Waals surface area contributed by atoms with Crippen LogP contribution in [0.2, 0.25) is 5.02 Å². The minimum atomic E-state index is -0.710. The average molecular weight is 248 g/mol. The Kier molecular flexibility index (Phi) is 4.20. The Morgan fingerprint density at radius 1 is 1.38 bits per heavy atom. The molecule has 16 heavy (non-hydrogen) atoms. The van der Waals surface area contributed by atoms with Gasteiger partial charge in [-0.25, -0.2) is 4.39 Å². The van der Waals surface area contributed by atoms with Gasteiger partial charge in [-0.05, 0) is 20.2 Å². The van der Waals surface area contributed by atoms with E-state index in [4.69, 9.17) is 27.8 Å². The molecule has 1 aromatic rings. The molecule has 0 saturated heterocycles. The minimum absolute atomic E-state index is 0.0407. The number of hydrogen-bond acceptors (Lipinski definition) is 4. The predicted octanol–water partition coefficient (Wildman–Crippen LogP) is 1.58. The zero-order valence-electron chi connectivity index (χ0n) is 9.26. The summed E-state index contributed by atoms with van der Waals surface area (Å²) < 4.78 is 18.8. The van der Waals surface area contributed by atoms with Gasteiger partial charge in [0, 0.05) is 6.54 Å². The Balaban J connectivity index is 2.84. The molecule has 0 unspecified atom stereocenters. The number of likely N-dealkylation sites (N-methyl/N-ethyl adjacent to an activating group) is 1. The molecule has 0 radical (unpaired) electrons. The zero-order valence-corrected chi connectivity index (χ0v) is 10.0. The van der Waals surface area contributed by atoms with Gasteiger partial charge in [0.15, 0.2) is 11.6 Å². The molecule has 1 rings (SSSR count). The molecule has 0 aliphatic rings. The Morgan fingerprint density at radius 3 is 2.56 bits per heavy atom. The molecule has 0 amide bonds. The van der Waals surface area contributed by atoms with E-state index in [-0.39, 0.29) is 22.1 Å². The van der Waals surface area contributed by atoms with E-state index >= 15 is 0 Å². The summed E-state index contributed by atoms with van der Waals surface area (Å²) in [5.41, 5.74) is 11.3. The standard InChI is InChI=1S/C10H15ClFN3O/c1-15(2)3-4-16-10-7(14)5-6(13)8(11)9(10)12/h5H,3-4,13-14H2,1-2H3. The van der Waals surface area contributed by atoms with Crippen LogP contribution in [-0.2, 0) is 0 Å². The number of rotatable bonds is 4. The van der Waals surface area contributed by atoms with Crippen LogP contribution in [0.5, 0.6) is 5.75 Å². The van der Waals surface area contributed by atoms with Gasteiger partial charge in [-0.1, -0.05) is 11.6 Å². The van der Waals surface area contributed by atoms with E-state index in [2.05, 4.69) is 0 Å². The summed E-state index contributed by atoms with van der Waals surface area (Å²) >= 11 is 5.65. The molecule has 0 fully saturated rings. The van der Waals surface area contributed by atoms with Crippen molar-refractivity contribution in [3.63, 3.8) is 0 Å². The van der Waals surface area contributed by atoms with Crippen LogP contribution in [0.25, 0.3) is 0 Å². The summed E-state index contributed by atoms with van der Waals surface area (Å²) in [5, 5.41) is -0.158. The van der Waals surface area contributed by atoms with Gasteiger partial charge < -0.3 is 21.1 Å². The Morgan fingerprint density at radius 2 is 2.00 bits per heavy atom. The van der Waals surface area contributed by atoms with Gasteiger partial charge in [-0.3, -0.25) is 0 Å². The van der Waals surface area contributed by atoms with Crippen LogP contribution in [0, 0.1) is 5.82 Å². The second kappa shape index (κ2) is 5.23. The van der Waals surface area contributed by atoms with Crippen LogP contribution in [0.15, 0.2) is 6.07 Å². The van der Waals surface area contributed by atoms with Gasteiger partial charge in [-0.2, -0.15) is 0 Å². The third kappa shape index (κ3) is 2.90. The highest BCUT2D eigenvalue weighted by atomic mass is 35.5.